The second kappa shape index (κ2) is 10.7. The van der Waals surface area contributed by atoms with Gasteiger partial charge in [-0.3, -0.25) is 4.98 Å². The number of fused-ring (bicyclic) bond motifs is 1. The van der Waals surface area contributed by atoms with Gasteiger partial charge in [0, 0.05) is 44.6 Å². The van der Waals surface area contributed by atoms with Crippen LogP contribution >= 0.6 is 0 Å². The van der Waals surface area contributed by atoms with E-state index < -0.39 is 11.6 Å². The maximum absolute atomic E-state index is 14.9. The van der Waals surface area contributed by atoms with E-state index in [-0.39, 0.29) is 29.7 Å². The molecule has 11 heteroatoms. The predicted octanol–water partition coefficient (Wildman–Crippen LogP) is 4.01. The number of imidazole rings is 1. The van der Waals surface area contributed by atoms with Gasteiger partial charge in [0.05, 0.1) is 47.1 Å². The Morgan fingerprint density at radius 3 is 2.68 bits per heavy atom. The van der Waals surface area contributed by atoms with Crippen LogP contribution in [0.4, 0.5) is 26.1 Å². The van der Waals surface area contributed by atoms with Gasteiger partial charge in [0.2, 0.25) is 5.95 Å². The van der Waals surface area contributed by atoms with Crippen LogP contribution in [-0.4, -0.2) is 59.0 Å². The zero-order chi connectivity index (χ0) is 25.9. The van der Waals surface area contributed by atoms with Crippen LogP contribution < -0.4 is 20.7 Å². The molecule has 5 rings (SSSR count). The molecule has 0 radical (unpaired) electrons. The highest BCUT2D eigenvalue weighted by molar-refractivity contribution is 5.74. The molecule has 1 aliphatic heterocycles. The van der Waals surface area contributed by atoms with Gasteiger partial charge in [-0.25, -0.2) is 13.8 Å². The van der Waals surface area contributed by atoms with Crippen molar-refractivity contribution in [3.63, 3.8) is 0 Å². The van der Waals surface area contributed by atoms with E-state index >= 15 is 0 Å². The number of anilines is 3. The van der Waals surface area contributed by atoms with Crippen LogP contribution in [0.3, 0.4) is 0 Å². The molecule has 1 fully saturated rings. The van der Waals surface area contributed by atoms with Crippen LogP contribution in [0.2, 0.25) is 0 Å². The number of rotatable bonds is 8. The lowest BCUT2D eigenvalue weighted by Gasteiger charge is -2.37. The quantitative estimate of drug-likeness (QED) is 0.344. The Morgan fingerprint density at radius 2 is 1.92 bits per heavy atom. The monoisotopic (exact) mass is 509 g/mol. The van der Waals surface area contributed by atoms with Gasteiger partial charge in [-0.1, -0.05) is 6.92 Å². The van der Waals surface area contributed by atoms with E-state index in [1.807, 2.05) is 6.07 Å². The van der Waals surface area contributed by atoms with Crippen molar-refractivity contribution in [3.8, 4) is 17.0 Å². The highest BCUT2D eigenvalue weighted by Crippen LogP contribution is 2.32. The maximum atomic E-state index is 14.9. The Bertz CT molecular complexity index is 1360. The lowest BCUT2D eigenvalue weighted by atomic mass is 9.96. The van der Waals surface area contributed by atoms with Crippen LogP contribution in [-0.2, 0) is 4.74 Å². The summed E-state index contributed by atoms with van der Waals surface area (Å²) in [6, 6.07) is 7.56. The zero-order valence-electron chi connectivity index (χ0n) is 20.7. The number of pyridine rings is 1. The Hall–Kier alpha value is -3.83. The van der Waals surface area contributed by atoms with Crippen molar-refractivity contribution in [2.24, 2.45) is 11.7 Å². The van der Waals surface area contributed by atoms with Crippen molar-refractivity contribution in [2.45, 2.75) is 19.4 Å². The first-order valence-electron chi connectivity index (χ1n) is 12.1. The molecule has 1 saturated heterocycles. The SMILES string of the molecule is COCCOc1cc(F)c(-c2ccc3cnc(Nc4cnccc4N4C[C@H](C)C[C@H](N)C4)n3n2)c(F)c1. The average Bonchev–Trinajstić information content (AvgIpc) is 3.25. The van der Waals surface area contributed by atoms with E-state index in [9.17, 15) is 8.78 Å². The van der Waals surface area contributed by atoms with E-state index in [1.165, 1.54) is 11.6 Å². The highest BCUT2D eigenvalue weighted by Gasteiger charge is 2.24. The predicted molar refractivity (Wildman–Crippen MR) is 137 cm³/mol. The summed E-state index contributed by atoms with van der Waals surface area (Å²) in [7, 11) is 1.52. The maximum Gasteiger partial charge on any atom is 0.229 e. The molecule has 4 aromatic rings. The summed E-state index contributed by atoms with van der Waals surface area (Å²) >= 11 is 0. The Balaban J connectivity index is 1.45. The number of nitrogens with two attached hydrogens (primary N) is 1. The molecule has 0 aliphatic carbocycles. The third-order valence-corrected chi connectivity index (χ3v) is 6.29. The number of nitrogens with zero attached hydrogens (tertiary/aromatic N) is 5. The van der Waals surface area contributed by atoms with Gasteiger partial charge in [-0.05, 0) is 30.5 Å². The molecule has 194 valence electrons. The van der Waals surface area contributed by atoms with Gasteiger partial charge < -0.3 is 25.4 Å². The molecule has 3 N–H and O–H groups in total. The molecule has 4 heterocycles. The third-order valence-electron chi connectivity index (χ3n) is 6.29. The highest BCUT2D eigenvalue weighted by atomic mass is 19.1. The number of hydrogen-bond donors (Lipinski definition) is 2. The molecule has 9 nitrogen and oxygen atoms in total. The van der Waals surface area contributed by atoms with E-state index in [4.69, 9.17) is 15.2 Å². The molecule has 0 unspecified atom stereocenters. The number of ether oxygens (including phenoxy) is 2. The molecule has 37 heavy (non-hydrogen) atoms. The van der Waals surface area contributed by atoms with Crippen molar-refractivity contribution in [1.82, 2.24) is 19.6 Å². The third kappa shape index (κ3) is 5.32. The number of benzene rings is 1. The van der Waals surface area contributed by atoms with Crippen LogP contribution in [0.1, 0.15) is 13.3 Å². The molecule has 1 aliphatic rings. The van der Waals surface area contributed by atoms with E-state index in [2.05, 4.69) is 32.2 Å². The number of methoxy groups -OCH3 is 1. The molecule has 2 atom stereocenters. The Morgan fingerprint density at radius 1 is 1.11 bits per heavy atom. The summed E-state index contributed by atoms with van der Waals surface area (Å²) in [5.41, 5.74) is 8.48. The van der Waals surface area contributed by atoms with E-state index in [1.54, 1.807) is 30.7 Å². The molecular formula is C26H29F2N7O2. The first kappa shape index (κ1) is 24.8. The number of nitrogens with one attached hydrogen (secondary N) is 1. The fraction of sp³-hybridized carbons (Fsp3) is 0.346. The molecule has 3 aromatic heterocycles. The van der Waals surface area contributed by atoms with E-state index in [0.29, 0.717) is 24.0 Å². The Labute approximate surface area is 213 Å². The molecule has 1 aromatic carbocycles. The average molecular weight is 510 g/mol. The van der Waals surface area contributed by atoms with Crippen LogP contribution in [0, 0.1) is 17.6 Å². The standard InChI is InChI=1S/C26H29F2N7O2/c1-16-9-17(29)15-34(14-16)24-5-6-30-13-23(24)32-26-31-12-18-3-4-22(33-35(18)26)25-20(27)10-19(11-21(25)28)37-8-7-36-2/h3-6,10-13,16-17H,7-9,14-15,29H2,1-2H3,(H,31,32)/t16-,17+/m1/s1. The minimum atomic E-state index is -0.779. The van der Waals surface area contributed by atoms with Crippen LogP contribution in [0.15, 0.2) is 48.9 Å². The smallest absolute Gasteiger partial charge is 0.229 e. The molecule has 0 amide bonds. The summed E-state index contributed by atoms with van der Waals surface area (Å²) in [4.78, 5) is 10.9. The first-order valence-corrected chi connectivity index (χ1v) is 12.1. The van der Waals surface area contributed by atoms with Gasteiger partial charge in [-0.2, -0.15) is 9.61 Å². The first-order chi connectivity index (χ1) is 17.9. The molecule has 0 spiro atoms. The topological polar surface area (TPSA) is 103 Å². The van der Waals surface area contributed by atoms with Gasteiger partial charge in [-0.15, -0.1) is 0 Å². The fourth-order valence-electron chi connectivity index (χ4n) is 4.70. The number of halogens is 2. The Kier molecular flexibility index (Phi) is 7.15. The minimum Gasteiger partial charge on any atom is -0.491 e. The molecule has 0 saturated carbocycles. The van der Waals surface area contributed by atoms with Crippen LogP contribution in [0.25, 0.3) is 16.8 Å². The summed E-state index contributed by atoms with van der Waals surface area (Å²) in [6.45, 7) is 4.28. The largest absolute Gasteiger partial charge is 0.491 e. The summed E-state index contributed by atoms with van der Waals surface area (Å²) in [6.07, 6.45) is 6.06. The summed E-state index contributed by atoms with van der Waals surface area (Å²) < 4.78 is 41.7. The number of aromatic nitrogens is 4. The fourth-order valence-corrected chi connectivity index (χ4v) is 4.70. The number of piperidine rings is 1. The zero-order valence-corrected chi connectivity index (χ0v) is 20.7. The second-order valence-corrected chi connectivity index (χ2v) is 9.26. The van der Waals surface area contributed by atoms with Gasteiger partial charge in [0.1, 0.15) is 24.0 Å². The van der Waals surface area contributed by atoms with Crippen molar-refractivity contribution in [3.05, 3.63) is 60.6 Å². The lowest BCUT2D eigenvalue weighted by molar-refractivity contribution is 0.146. The van der Waals surface area contributed by atoms with Gasteiger partial charge >= 0.3 is 0 Å². The normalized spacial score (nSPS) is 17.8. The molecular weight excluding hydrogens is 480 g/mol. The van der Waals surface area contributed by atoms with E-state index in [0.717, 1.165) is 43.0 Å². The van der Waals surface area contributed by atoms with Crippen LogP contribution in [0.5, 0.6) is 5.75 Å². The minimum absolute atomic E-state index is 0.0812. The van der Waals surface area contributed by atoms with Crippen molar-refractivity contribution in [1.29, 1.82) is 0 Å². The molecule has 0 bridgehead atoms. The summed E-state index contributed by atoms with van der Waals surface area (Å²) in [5.74, 6) is -0.626. The van der Waals surface area contributed by atoms with Gasteiger partial charge in [0.25, 0.3) is 0 Å². The number of hydrogen-bond acceptors (Lipinski definition) is 8. The van der Waals surface area contributed by atoms with Crippen molar-refractivity contribution >= 4 is 22.8 Å². The summed E-state index contributed by atoms with van der Waals surface area (Å²) in [5, 5.41) is 7.78. The second-order valence-electron chi connectivity index (χ2n) is 9.26. The lowest BCUT2D eigenvalue weighted by Crippen LogP contribution is -2.46. The van der Waals surface area contributed by atoms with Crippen molar-refractivity contribution in [2.75, 3.05) is 43.6 Å². The van der Waals surface area contributed by atoms with Crippen molar-refractivity contribution < 1.29 is 18.3 Å². The van der Waals surface area contributed by atoms with Gasteiger partial charge in [0.15, 0.2) is 0 Å².